The third kappa shape index (κ3) is 9.02. The molecule has 0 aromatic heterocycles. The van der Waals surface area contributed by atoms with Crippen LogP contribution in [0.1, 0.15) is 13.8 Å². The van der Waals surface area contributed by atoms with Gasteiger partial charge in [-0.25, -0.2) is 4.79 Å². The molecule has 17 heteroatoms. The second-order valence-corrected chi connectivity index (χ2v) is 8.58. The molecule has 17 nitrogen and oxygen atoms in total. The van der Waals surface area contributed by atoms with Crippen molar-refractivity contribution in [1.29, 1.82) is 0 Å². The first-order chi connectivity index (χ1) is 17.8. The Kier molecular flexibility index (Phi) is 12.7. The number of esters is 3. The van der Waals surface area contributed by atoms with Gasteiger partial charge in [-0.05, 0) is 0 Å². The van der Waals surface area contributed by atoms with Gasteiger partial charge in [-0.3, -0.25) is 9.59 Å². The van der Waals surface area contributed by atoms with Crippen LogP contribution in [-0.2, 0) is 47.5 Å². The standard InChI is InChI=1S/C21H34O17/c1-8(23)33-4-10(35-9(2)24)5-34-13(25)7-32-6-12-14(26)15(27)18(30)21(37-12)38-19-11(3-22)36-20(31)17(29)16(19)28/h10-12,14-22,26-31H,3-7H2,1-2H3/t10?,11-,12-,14+,15+,16-,17-,18-,19-,20+,21+/m1/s1. The van der Waals surface area contributed by atoms with Gasteiger partial charge >= 0.3 is 17.9 Å². The molecule has 7 N–H and O–H groups in total. The lowest BCUT2D eigenvalue weighted by Crippen LogP contribution is -2.64. The van der Waals surface area contributed by atoms with Crippen LogP contribution >= 0.6 is 0 Å². The Morgan fingerprint density at radius 1 is 0.789 bits per heavy atom. The van der Waals surface area contributed by atoms with Crippen LogP contribution in [-0.4, -0.2) is 154 Å². The number of ether oxygens (including phenoxy) is 7. The highest BCUT2D eigenvalue weighted by Gasteiger charge is 2.50. The van der Waals surface area contributed by atoms with Crippen LogP contribution in [0.25, 0.3) is 0 Å². The Labute approximate surface area is 216 Å². The molecule has 11 atom stereocenters. The fourth-order valence-corrected chi connectivity index (χ4v) is 3.60. The fourth-order valence-electron chi connectivity index (χ4n) is 3.60. The van der Waals surface area contributed by atoms with Crippen molar-refractivity contribution < 1.29 is 83.3 Å². The predicted molar refractivity (Wildman–Crippen MR) is 115 cm³/mol. The average molecular weight is 558 g/mol. The van der Waals surface area contributed by atoms with Gasteiger partial charge in [-0.15, -0.1) is 0 Å². The molecular weight excluding hydrogens is 524 g/mol. The number of carbonyl (C=O) groups is 3. The lowest BCUT2D eigenvalue weighted by molar-refractivity contribution is -0.355. The monoisotopic (exact) mass is 558 g/mol. The minimum atomic E-state index is -1.85. The zero-order valence-electron chi connectivity index (χ0n) is 20.6. The molecule has 0 amide bonds. The van der Waals surface area contributed by atoms with E-state index in [4.69, 9.17) is 33.2 Å². The highest BCUT2D eigenvalue weighted by atomic mass is 16.7. The van der Waals surface area contributed by atoms with Crippen LogP contribution in [0.4, 0.5) is 0 Å². The van der Waals surface area contributed by atoms with Crippen molar-refractivity contribution >= 4 is 17.9 Å². The van der Waals surface area contributed by atoms with Crippen molar-refractivity contribution in [1.82, 2.24) is 0 Å². The van der Waals surface area contributed by atoms with Crippen molar-refractivity contribution in [2.75, 3.05) is 33.0 Å². The van der Waals surface area contributed by atoms with Gasteiger partial charge in [0.25, 0.3) is 0 Å². The molecule has 220 valence electrons. The molecule has 2 heterocycles. The summed E-state index contributed by atoms with van der Waals surface area (Å²) in [6.45, 7) is -0.494. The van der Waals surface area contributed by atoms with Crippen molar-refractivity contribution in [3.8, 4) is 0 Å². The lowest BCUT2D eigenvalue weighted by atomic mass is 9.97. The third-order valence-electron chi connectivity index (χ3n) is 5.54. The van der Waals surface area contributed by atoms with E-state index in [1.807, 2.05) is 0 Å². The van der Waals surface area contributed by atoms with Crippen LogP contribution in [0.3, 0.4) is 0 Å². The minimum Gasteiger partial charge on any atom is -0.462 e. The average Bonchev–Trinajstić information content (AvgIpc) is 2.86. The van der Waals surface area contributed by atoms with Crippen molar-refractivity contribution in [2.45, 2.75) is 81.4 Å². The summed E-state index contributed by atoms with van der Waals surface area (Å²) in [5.41, 5.74) is 0. The molecule has 0 spiro atoms. The Bertz CT molecular complexity index is 777. The summed E-state index contributed by atoms with van der Waals surface area (Å²) < 4.78 is 35.4. The van der Waals surface area contributed by atoms with Gasteiger partial charge in [0, 0.05) is 13.8 Å². The van der Waals surface area contributed by atoms with Crippen molar-refractivity contribution in [2.24, 2.45) is 0 Å². The number of carbonyl (C=O) groups excluding carboxylic acids is 3. The molecule has 2 rings (SSSR count). The van der Waals surface area contributed by atoms with E-state index in [9.17, 15) is 50.1 Å². The van der Waals surface area contributed by atoms with Gasteiger partial charge in [-0.1, -0.05) is 0 Å². The van der Waals surface area contributed by atoms with Gasteiger partial charge in [0.2, 0.25) is 0 Å². The molecule has 38 heavy (non-hydrogen) atoms. The van der Waals surface area contributed by atoms with Crippen molar-refractivity contribution in [3.63, 3.8) is 0 Å². The maximum atomic E-state index is 12.0. The smallest absolute Gasteiger partial charge is 0.332 e. The molecule has 2 aliphatic heterocycles. The van der Waals surface area contributed by atoms with E-state index >= 15 is 0 Å². The van der Waals surface area contributed by atoms with Gasteiger partial charge in [0.1, 0.15) is 68.7 Å². The molecule has 0 aromatic rings. The van der Waals surface area contributed by atoms with Gasteiger partial charge < -0.3 is 68.9 Å². The van der Waals surface area contributed by atoms with Crippen LogP contribution in [0.2, 0.25) is 0 Å². The Hall–Kier alpha value is -2.03. The van der Waals surface area contributed by atoms with E-state index in [0.29, 0.717) is 0 Å². The van der Waals surface area contributed by atoms with Gasteiger partial charge in [0.05, 0.1) is 13.2 Å². The SMILES string of the molecule is CC(=O)OCC(COC(=O)COC[C@H]1O[C@@H](O[C@H]2[C@H](O)[C@@H](O)[C@@H](O)O[C@@H]2CO)[C@H](O)[C@@H](O)[C@H]1O)OC(C)=O. The van der Waals surface area contributed by atoms with Gasteiger partial charge in [0.15, 0.2) is 18.7 Å². The third-order valence-corrected chi connectivity index (χ3v) is 5.54. The summed E-state index contributed by atoms with van der Waals surface area (Å²) in [5, 5.41) is 69.8. The molecular formula is C21H34O17. The molecule has 1 unspecified atom stereocenters. The zero-order chi connectivity index (χ0) is 28.6. The molecule has 0 aliphatic carbocycles. The Morgan fingerprint density at radius 2 is 1.45 bits per heavy atom. The van der Waals surface area contributed by atoms with Crippen LogP contribution in [0.15, 0.2) is 0 Å². The summed E-state index contributed by atoms with van der Waals surface area (Å²) in [7, 11) is 0. The molecule has 2 saturated heterocycles. The van der Waals surface area contributed by atoms with Gasteiger partial charge in [-0.2, -0.15) is 0 Å². The summed E-state index contributed by atoms with van der Waals surface area (Å²) in [4.78, 5) is 34.0. The molecule has 2 fully saturated rings. The number of rotatable bonds is 12. The van der Waals surface area contributed by atoms with E-state index in [1.54, 1.807) is 0 Å². The summed E-state index contributed by atoms with van der Waals surface area (Å²) in [6.07, 6.45) is -17.8. The summed E-state index contributed by atoms with van der Waals surface area (Å²) in [5.74, 6) is -2.26. The number of hydrogen-bond donors (Lipinski definition) is 7. The first kappa shape index (κ1) is 32.2. The van der Waals surface area contributed by atoms with Crippen LogP contribution < -0.4 is 0 Å². The maximum Gasteiger partial charge on any atom is 0.332 e. The Balaban J connectivity index is 1.89. The van der Waals surface area contributed by atoms with E-state index in [0.717, 1.165) is 13.8 Å². The number of aliphatic hydroxyl groups is 7. The molecule has 0 saturated carbocycles. The van der Waals surface area contributed by atoms with E-state index < -0.39 is 112 Å². The molecule has 2 aliphatic rings. The first-order valence-corrected chi connectivity index (χ1v) is 11.5. The largest absolute Gasteiger partial charge is 0.462 e. The number of hydrogen-bond acceptors (Lipinski definition) is 17. The van der Waals surface area contributed by atoms with E-state index in [1.165, 1.54) is 0 Å². The summed E-state index contributed by atoms with van der Waals surface area (Å²) in [6, 6.07) is 0. The molecule has 0 radical (unpaired) electrons. The topological polar surface area (TPSA) is 257 Å². The van der Waals surface area contributed by atoms with Crippen LogP contribution in [0.5, 0.6) is 0 Å². The Morgan fingerprint density at radius 3 is 2.05 bits per heavy atom. The predicted octanol–water partition coefficient (Wildman–Crippen LogP) is -5.33. The first-order valence-electron chi connectivity index (χ1n) is 11.5. The minimum absolute atomic E-state index is 0.347. The number of aliphatic hydroxyl groups excluding tert-OH is 7. The summed E-state index contributed by atoms with van der Waals surface area (Å²) >= 11 is 0. The molecule has 0 bridgehead atoms. The van der Waals surface area contributed by atoms with E-state index in [-0.39, 0.29) is 6.61 Å². The molecule has 0 aromatic carbocycles. The highest BCUT2D eigenvalue weighted by Crippen LogP contribution is 2.28. The van der Waals surface area contributed by atoms with Crippen LogP contribution in [0, 0.1) is 0 Å². The van der Waals surface area contributed by atoms with E-state index in [2.05, 4.69) is 0 Å². The second kappa shape index (κ2) is 14.9. The second-order valence-electron chi connectivity index (χ2n) is 8.58. The maximum absolute atomic E-state index is 12.0. The van der Waals surface area contributed by atoms with Crippen molar-refractivity contribution in [3.05, 3.63) is 0 Å². The zero-order valence-corrected chi connectivity index (χ0v) is 20.6. The normalized spacial score (nSPS) is 36.2. The highest BCUT2D eigenvalue weighted by molar-refractivity contribution is 5.71. The fraction of sp³-hybridized carbons (Fsp3) is 0.857. The lowest BCUT2D eigenvalue weighted by Gasteiger charge is -2.45. The quantitative estimate of drug-likeness (QED) is 0.0871.